The lowest BCUT2D eigenvalue weighted by molar-refractivity contribution is -0.141. The SMILES string of the molecule is Cc1ccc(S(=O)(=O)N2CCC(C(=O)N3CCCC3C(=O)Nc3cc(Cl)ccc3Cl)CC2)cc1. The van der Waals surface area contributed by atoms with Gasteiger partial charge < -0.3 is 10.2 Å². The van der Waals surface area contributed by atoms with Crippen molar-refractivity contribution < 1.29 is 18.0 Å². The van der Waals surface area contributed by atoms with Crippen LogP contribution in [0.4, 0.5) is 5.69 Å². The molecular formula is C24H27Cl2N3O4S. The van der Waals surface area contributed by atoms with Gasteiger partial charge in [-0.2, -0.15) is 4.31 Å². The van der Waals surface area contributed by atoms with Gasteiger partial charge in [-0.25, -0.2) is 8.42 Å². The molecular weight excluding hydrogens is 497 g/mol. The number of aryl methyl sites for hydroxylation is 1. The standard InChI is InChI=1S/C24H27Cl2N3O4S/c1-16-4-7-19(8-5-16)34(32,33)28-13-10-17(11-14-28)24(31)29-12-2-3-22(29)23(30)27-21-15-18(25)6-9-20(21)26/h4-9,15,17,22H,2-3,10-14H2,1H3,(H,27,30). The maximum Gasteiger partial charge on any atom is 0.247 e. The summed E-state index contributed by atoms with van der Waals surface area (Å²) in [7, 11) is -3.59. The van der Waals surface area contributed by atoms with Gasteiger partial charge in [-0.3, -0.25) is 9.59 Å². The van der Waals surface area contributed by atoms with Gasteiger partial charge in [-0.1, -0.05) is 40.9 Å². The second kappa shape index (κ2) is 10.2. The molecule has 2 aliphatic rings. The first-order chi connectivity index (χ1) is 16.2. The first kappa shape index (κ1) is 25.0. The van der Waals surface area contributed by atoms with Crippen molar-refractivity contribution in [3.05, 3.63) is 58.1 Å². The van der Waals surface area contributed by atoms with Gasteiger partial charge in [0.15, 0.2) is 0 Å². The van der Waals surface area contributed by atoms with Crippen LogP contribution in [0, 0.1) is 12.8 Å². The highest BCUT2D eigenvalue weighted by atomic mass is 35.5. The first-order valence-corrected chi connectivity index (χ1v) is 13.5. The zero-order valence-corrected chi connectivity index (χ0v) is 21.2. The number of carbonyl (C=O) groups is 2. The van der Waals surface area contributed by atoms with E-state index >= 15 is 0 Å². The van der Waals surface area contributed by atoms with E-state index in [0.29, 0.717) is 41.5 Å². The van der Waals surface area contributed by atoms with Crippen molar-refractivity contribution in [2.75, 3.05) is 25.0 Å². The van der Waals surface area contributed by atoms with Gasteiger partial charge in [0.1, 0.15) is 6.04 Å². The summed E-state index contributed by atoms with van der Waals surface area (Å²) in [6.45, 7) is 2.95. The second-order valence-corrected chi connectivity index (χ2v) is 11.6. The molecule has 2 aromatic carbocycles. The number of hydrogen-bond acceptors (Lipinski definition) is 4. The third-order valence-corrected chi connectivity index (χ3v) is 8.96. The van der Waals surface area contributed by atoms with Crippen LogP contribution in [0.25, 0.3) is 0 Å². The summed E-state index contributed by atoms with van der Waals surface area (Å²) in [5, 5.41) is 3.61. The highest BCUT2D eigenvalue weighted by Gasteiger charge is 2.39. The molecule has 0 spiro atoms. The number of likely N-dealkylation sites (tertiary alicyclic amines) is 1. The average molecular weight is 524 g/mol. The molecule has 2 amide bonds. The fourth-order valence-corrected chi connectivity index (χ4v) is 6.36. The molecule has 0 radical (unpaired) electrons. The molecule has 2 fully saturated rings. The van der Waals surface area contributed by atoms with Crippen molar-refractivity contribution in [2.45, 2.75) is 43.5 Å². The van der Waals surface area contributed by atoms with Crippen LogP contribution in [0.15, 0.2) is 47.4 Å². The summed E-state index contributed by atoms with van der Waals surface area (Å²) < 4.78 is 27.4. The van der Waals surface area contributed by atoms with Crippen LogP contribution in [0.2, 0.25) is 10.0 Å². The lowest BCUT2D eigenvalue weighted by Crippen LogP contribution is -2.48. The number of nitrogens with zero attached hydrogens (tertiary/aromatic N) is 2. The number of carbonyl (C=O) groups excluding carboxylic acids is 2. The Morgan fingerprint density at radius 3 is 2.32 bits per heavy atom. The number of hydrogen-bond donors (Lipinski definition) is 1. The summed E-state index contributed by atoms with van der Waals surface area (Å²) in [5.74, 6) is -0.704. The van der Waals surface area contributed by atoms with E-state index in [4.69, 9.17) is 23.2 Å². The Hall–Kier alpha value is -2.13. The van der Waals surface area contributed by atoms with E-state index in [2.05, 4.69) is 5.32 Å². The van der Waals surface area contributed by atoms with E-state index in [9.17, 15) is 18.0 Å². The molecule has 10 heteroatoms. The molecule has 2 heterocycles. The topological polar surface area (TPSA) is 86.8 Å². The van der Waals surface area contributed by atoms with Gasteiger partial charge in [-0.15, -0.1) is 0 Å². The molecule has 1 atom stereocenters. The predicted octanol–water partition coefficient (Wildman–Crippen LogP) is 4.33. The molecule has 34 heavy (non-hydrogen) atoms. The fraction of sp³-hybridized carbons (Fsp3) is 0.417. The molecule has 0 aliphatic carbocycles. The zero-order valence-electron chi connectivity index (χ0n) is 18.8. The van der Waals surface area contributed by atoms with Gasteiger partial charge in [0.25, 0.3) is 0 Å². The molecule has 1 unspecified atom stereocenters. The Morgan fingerprint density at radius 2 is 1.65 bits per heavy atom. The third-order valence-electron chi connectivity index (χ3n) is 6.49. The third kappa shape index (κ3) is 5.25. The zero-order chi connectivity index (χ0) is 24.5. The Kier molecular flexibility index (Phi) is 7.52. The number of anilines is 1. The normalized spacial score (nSPS) is 19.9. The molecule has 0 aromatic heterocycles. The van der Waals surface area contributed by atoms with Crippen molar-refractivity contribution in [3.8, 4) is 0 Å². The molecule has 0 bridgehead atoms. The summed E-state index contributed by atoms with van der Waals surface area (Å²) in [6, 6.07) is 11.0. The summed E-state index contributed by atoms with van der Waals surface area (Å²) >= 11 is 12.2. The lowest BCUT2D eigenvalue weighted by Gasteiger charge is -2.34. The van der Waals surface area contributed by atoms with Gasteiger partial charge in [-0.05, 0) is 62.9 Å². The van der Waals surface area contributed by atoms with Crippen molar-refractivity contribution in [2.24, 2.45) is 5.92 Å². The van der Waals surface area contributed by atoms with E-state index in [1.807, 2.05) is 6.92 Å². The van der Waals surface area contributed by atoms with Crippen LogP contribution in [0.1, 0.15) is 31.2 Å². The number of sulfonamides is 1. The molecule has 2 aliphatic heterocycles. The number of halogens is 2. The van der Waals surface area contributed by atoms with E-state index < -0.39 is 16.1 Å². The fourth-order valence-electron chi connectivity index (χ4n) is 4.55. The Morgan fingerprint density at radius 1 is 0.971 bits per heavy atom. The minimum absolute atomic E-state index is 0.0952. The van der Waals surface area contributed by atoms with Gasteiger partial charge >= 0.3 is 0 Å². The van der Waals surface area contributed by atoms with Crippen LogP contribution in [-0.2, 0) is 19.6 Å². The number of rotatable bonds is 5. The lowest BCUT2D eigenvalue weighted by atomic mass is 9.96. The molecule has 4 rings (SSSR count). The van der Waals surface area contributed by atoms with Crippen LogP contribution in [0.5, 0.6) is 0 Å². The van der Waals surface area contributed by atoms with Crippen molar-refractivity contribution in [3.63, 3.8) is 0 Å². The van der Waals surface area contributed by atoms with E-state index in [1.54, 1.807) is 47.4 Å². The van der Waals surface area contributed by atoms with E-state index in [1.165, 1.54) is 4.31 Å². The summed E-state index contributed by atoms with van der Waals surface area (Å²) in [4.78, 5) is 28.1. The molecule has 2 aromatic rings. The van der Waals surface area contributed by atoms with E-state index in [0.717, 1.165) is 12.0 Å². The molecule has 7 nitrogen and oxygen atoms in total. The highest BCUT2D eigenvalue weighted by Crippen LogP contribution is 2.30. The highest BCUT2D eigenvalue weighted by molar-refractivity contribution is 7.89. The number of amides is 2. The predicted molar refractivity (Wildman–Crippen MR) is 132 cm³/mol. The smallest absolute Gasteiger partial charge is 0.247 e. The largest absolute Gasteiger partial charge is 0.330 e. The van der Waals surface area contributed by atoms with Crippen molar-refractivity contribution >= 4 is 50.7 Å². The van der Waals surface area contributed by atoms with Gasteiger partial charge in [0, 0.05) is 30.6 Å². The average Bonchev–Trinajstić information content (AvgIpc) is 3.31. The van der Waals surface area contributed by atoms with Crippen LogP contribution in [0.3, 0.4) is 0 Å². The maximum atomic E-state index is 13.3. The molecule has 0 saturated carbocycles. The van der Waals surface area contributed by atoms with Crippen molar-refractivity contribution in [1.29, 1.82) is 0 Å². The molecule has 182 valence electrons. The number of benzene rings is 2. The summed E-state index contributed by atoms with van der Waals surface area (Å²) in [6.07, 6.45) is 2.15. The van der Waals surface area contributed by atoms with Gasteiger partial charge in [0.05, 0.1) is 15.6 Å². The minimum atomic E-state index is -3.59. The van der Waals surface area contributed by atoms with Gasteiger partial charge in [0.2, 0.25) is 21.8 Å². The van der Waals surface area contributed by atoms with Crippen LogP contribution in [-0.4, -0.2) is 55.1 Å². The first-order valence-electron chi connectivity index (χ1n) is 11.3. The Balaban J connectivity index is 1.39. The van der Waals surface area contributed by atoms with Crippen LogP contribution >= 0.6 is 23.2 Å². The number of nitrogens with one attached hydrogen (secondary N) is 1. The minimum Gasteiger partial charge on any atom is -0.330 e. The molecule has 1 N–H and O–H groups in total. The van der Waals surface area contributed by atoms with Crippen molar-refractivity contribution in [1.82, 2.24) is 9.21 Å². The maximum absolute atomic E-state index is 13.3. The Labute approximate surface area is 210 Å². The molecule has 2 saturated heterocycles. The number of piperidine rings is 1. The Bertz CT molecular complexity index is 1180. The van der Waals surface area contributed by atoms with Crippen LogP contribution < -0.4 is 5.32 Å². The quantitative estimate of drug-likeness (QED) is 0.631. The van der Waals surface area contributed by atoms with E-state index in [-0.39, 0.29) is 35.7 Å². The second-order valence-electron chi connectivity index (χ2n) is 8.79. The summed E-state index contributed by atoms with van der Waals surface area (Å²) in [5.41, 5.74) is 1.40. The monoisotopic (exact) mass is 523 g/mol.